The number of aromatic nitrogens is 3. The number of carbonyl (C=O) groups excluding carboxylic acids is 2. The summed E-state index contributed by atoms with van der Waals surface area (Å²) < 4.78 is 1.66. The second-order valence-electron chi connectivity index (χ2n) is 6.28. The molecule has 0 radical (unpaired) electrons. The number of nitrogens with one attached hydrogen (secondary N) is 1. The highest BCUT2D eigenvalue weighted by Gasteiger charge is 2.19. The first-order valence-electron chi connectivity index (χ1n) is 8.85. The lowest BCUT2D eigenvalue weighted by Gasteiger charge is -2.04. The van der Waals surface area contributed by atoms with Crippen LogP contribution >= 0.6 is 11.3 Å². The molecule has 29 heavy (non-hydrogen) atoms. The van der Waals surface area contributed by atoms with E-state index in [0.29, 0.717) is 11.5 Å². The molecule has 2 heterocycles. The van der Waals surface area contributed by atoms with Gasteiger partial charge in [-0.05, 0) is 41.3 Å². The van der Waals surface area contributed by atoms with Crippen molar-refractivity contribution in [3.63, 3.8) is 0 Å². The Kier molecular flexibility index (Phi) is 5.17. The maximum absolute atomic E-state index is 12.7. The van der Waals surface area contributed by atoms with Crippen LogP contribution in [0.5, 0.6) is 0 Å². The first-order valence-corrected chi connectivity index (χ1v) is 9.73. The molecule has 3 N–H and O–H groups in total. The third-order valence-corrected chi connectivity index (χ3v) is 5.01. The smallest absolute Gasteiger partial charge is 0.295 e. The Bertz CT molecular complexity index is 1140. The standard InChI is InChI=1S/C21H17N5O2S/c22-18(27)13-14-8-10-15(11-9-14)23-21(28)19-24-20(17-7-4-12-29-17)26(25-19)16-5-2-1-3-6-16/h1-12H,13H2,(H2,22,27)(H,23,28). The van der Waals surface area contributed by atoms with E-state index >= 15 is 0 Å². The van der Waals surface area contributed by atoms with Crippen molar-refractivity contribution in [2.75, 3.05) is 5.32 Å². The summed E-state index contributed by atoms with van der Waals surface area (Å²) in [6, 6.07) is 20.3. The highest BCUT2D eigenvalue weighted by Crippen LogP contribution is 2.25. The molecule has 0 saturated carbocycles. The zero-order valence-corrected chi connectivity index (χ0v) is 16.1. The quantitative estimate of drug-likeness (QED) is 0.516. The molecular weight excluding hydrogens is 386 g/mol. The number of rotatable bonds is 6. The van der Waals surface area contributed by atoms with Crippen molar-refractivity contribution < 1.29 is 9.59 Å². The summed E-state index contributed by atoms with van der Waals surface area (Å²) in [5, 5.41) is 9.17. The minimum Gasteiger partial charge on any atom is -0.369 e. The minimum atomic E-state index is -0.417. The summed E-state index contributed by atoms with van der Waals surface area (Å²) in [5.41, 5.74) is 7.38. The molecule has 0 aliphatic carbocycles. The number of benzene rings is 2. The van der Waals surface area contributed by atoms with Crippen LogP contribution in [0.15, 0.2) is 72.1 Å². The van der Waals surface area contributed by atoms with Gasteiger partial charge in [0.2, 0.25) is 11.7 Å². The van der Waals surface area contributed by atoms with Crippen molar-refractivity contribution in [2.24, 2.45) is 5.73 Å². The SMILES string of the molecule is NC(=O)Cc1ccc(NC(=O)c2nc(-c3cccs3)n(-c3ccccc3)n2)cc1. The van der Waals surface area contributed by atoms with Gasteiger partial charge in [0, 0.05) is 5.69 Å². The fourth-order valence-electron chi connectivity index (χ4n) is 2.82. The summed E-state index contributed by atoms with van der Waals surface area (Å²) in [5.74, 6) is -0.148. The van der Waals surface area contributed by atoms with Gasteiger partial charge in [0.15, 0.2) is 5.82 Å². The van der Waals surface area contributed by atoms with Gasteiger partial charge in [-0.2, -0.15) is 0 Å². The molecule has 2 amide bonds. The number of para-hydroxylation sites is 1. The Hall–Kier alpha value is -3.78. The van der Waals surface area contributed by atoms with Crippen LogP contribution < -0.4 is 11.1 Å². The molecule has 0 saturated heterocycles. The molecule has 0 aliphatic rings. The molecule has 0 aliphatic heterocycles. The third-order valence-electron chi connectivity index (χ3n) is 4.14. The second kappa shape index (κ2) is 8.07. The Morgan fingerprint density at radius 1 is 1.00 bits per heavy atom. The van der Waals surface area contributed by atoms with Crippen molar-refractivity contribution in [2.45, 2.75) is 6.42 Å². The summed E-state index contributed by atoms with van der Waals surface area (Å²) in [4.78, 5) is 29.1. The highest BCUT2D eigenvalue weighted by molar-refractivity contribution is 7.13. The summed E-state index contributed by atoms with van der Waals surface area (Å²) in [7, 11) is 0. The van der Waals surface area contributed by atoms with Crippen LogP contribution in [0.1, 0.15) is 16.2 Å². The topological polar surface area (TPSA) is 103 Å². The molecule has 8 heteroatoms. The molecule has 0 bridgehead atoms. The van der Waals surface area contributed by atoms with Gasteiger partial charge in [0.1, 0.15) is 0 Å². The zero-order chi connectivity index (χ0) is 20.2. The van der Waals surface area contributed by atoms with Crippen LogP contribution in [0.4, 0.5) is 5.69 Å². The Morgan fingerprint density at radius 2 is 1.76 bits per heavy atom. The maximum atomic E-state index is 12.7. The van der Waals surface area contributed by atoms with E-state index in [4.69, 9.17) is 5.73 Å². The number of primary amides is 1. The second-order valence-corrected chi connectivity index (χ2v) is 7.23. The van der Waals surface area contributed by atoms with E-state index in [1.54, 1.807) is 28.9 Å². The largest absolute Gasteiger partial charge is 0.369 e. The van der Waals surface area contributed by atoms with Gasteiger partial charge >= 0.3 is 0 Å². The fourth-order valence-corrected chi connectivity index (χ4v) is 3.52. The summed E-state index contributed by atoms with van der Waals surface area (Å²) in [6.07, 6.45) is 0.154. The Labute approximate surface area is 170 Å². The number of nitrogens with zero attached hydrogens (tertiary/aromatic N) is 3. The van der Waals surface area contributed by atoms with Crippen LogP contribution in [0.2, 0.25) is 0 Å². The first-order chi connectivity index (χ1) is 14.1. The first kappa shape index (κ1) is 18.6. The molecule has 7 nitrogen and oxygen atoms in total. The van der Waals surface area contributed by atoms with Crippen molar-refractivity contribution in [1.82, 2.24) is 14.8 Å². The Balaban J connectivity index is 1.61. The van der Waals surface area contributed by atoms with E-state index in [1.807, 2.05) is 47.8 Å². The molecule has 0 spiro atoms. The zero-order valence-electron chi connectivity index (χ0n) is 15.3. The predicted molar refractivity (Wildman–Crippen MR) is 112 cm³/mol. The fraction of sp³-hybridized carbons (Fsp3) is 0.0476. The molecule has 2 aromatic heterocycles. The number of amides is 2. The monoisotopic (exact) mass is 403 g/mol. The van der Waals surface area contributed by atoms with Crippen molar-refractivity contribution >= 4 is 28.8 Å². The maximum Gasteiger partial charge on any atom is 0.295 e. The lowest BCUT2D eigenvalue weighted by atomic mass is 10.1. The average Bonchev–Trinajstić information content (AvgIpc) is 3.39. The predicted octanol–water partition coefficient (Wildman–Crippen LogP) is 3.28. The van der Waals surface area contributed by atoms with Crippen molar-refractivity contribution in [3.05, 3.63) is 83.5 Å². The molecule has 0 atom stereocenters. The Morgan fingerprint density at radius 3 is 2.41 bits per heavy atom. The number of hydrogen-bond donors (Lipinski definition) is 2. The van der Waals surface area contributed by atoms with Crippen molar-refractivity contribution in [3.8, 4) is 16.4 Å². The molecule has 2 aromatic carbocycles. The lowest BCUT2D eigenvalue weighted by Crippen LogP contribution is -2.15. The molecule has 0 fully saturated rings. The number of carbonyl (C=O) groups is 2. The normalized spacial score (nSPS) is 10.6. The lowest BCUT2D eigenvalue weighted by molar-refractivity contribution is -0.117. The van der Waals surface area contributed by atoms with Crippen LogP contribution in [-0.2, 0) is 11.2 Å². The number of hydrogen-bond acceptors (Lipinski definition) is 5. The van der Waals surface area contributed by atoms with Gasteiger partial charge in [-0.1, -0.05) is 36.4 Å². The van der Waals surface area contributed by atoms with E-state index in [1.165, 1.54) is 11.3 Å². The van der Waals surface area contributed by atoms with Crippen LogP contribution in [0.3, 0.4) is 0 Å². The number of thiophene rings is 1. The molecular formula is C21H17N5O2S. The van der Waals surface area contributed by atoms with E-state index in [0.717, 1.165) is 16.1 Å². The van der Waals surface area contributed by atoms with Gasteiger partial charge in [0.25, 0.3) is 5.91 Å². The van der Waals surface area contributed by atoms with Gasteiger partial charge < -0.3 is 11.1 Å². The van der Waals surface area contributed by atoms with Gasteiger partial charge in [-0.15, -0.1) is 16.4 Å². The van der Waals surface area contributed by atoms with Gasteiger partial charge in [0.05, 0.1) is 17.0 Å². The van der Waals surface area contributed by atoms with Crippen LogP contribution in [0.25, 0.3) is 16.4 Å². The molecule has 4 rings (SSSR count). The van der Waals surface area contributed by atoms with Crippen LogP contribution in [0, 0.1) is 0 Å². The summed E-state index contributed by atoms with van der Waals surface area (Å²) in [6.45, 7) is 0. The molecule has 4 aromatic rings. The number of nitrogens with two attached hydrogens (primary N) is 1. The van der Waals surface area contributed by atoms with Crippen molar-refractivity contribution in [1.29, 1.82) is 0 Å². The highest BCUT2D eigenvalue weighted by atomic mass is 32.1. The van der Waals surface area contributed by atoms with E-state index in [9.17, 15) is 9.59 Å². The van der Waals surface area contributed by atoms with E-state index in [-0.39, 0.29) is 12.2 Å². The third kappa shape index (κ3) is 4.22. The average molecular weight is 403 g/mol. The van der Waals surface area contributed by atoms with Gasteiger partial charge in [-0.25, -0.2) is 9.67 Å². The van der Waals surface area contributed by atoms with E-state index in [2.05, 4.69) is 15.4 Å². The minimum absolute atomic E-state index is 0.0680. The molecule has 144 valence electrons. The number of anilines is 1. The molecule has 0 unspecified atom stereocenters. The van der Waals surface area contributed by atoms with Gasteiger partial charge in [-0.3, -0.25) is 9.59 Å². The van der Waals surface area contributed by atoms with E-state index < -0.39 is 11.8 Å². The summed E-state index contributed by atoms with van der Waals surface area (Å²) >= 11 is 1.53. The van der Waals surface area contributed by atoms with Crippen LogP contribution in [-0.4, -0.2) is 26.6 Å².